The van der Waals surface area contributed by atoms with Gasteiger partial charge in [0.1, 0.15) is 5.76 Å². The van der Waals surface area contributed by atoms with Crippen LogP contribution in [0.3, 0.4) is 0 Å². The molecule has 0 aliphatic rings. The second-order valence-electron chi connectivity index (χ2n) is 7.40. The summed E-state index contributed by atoms with van der Waals surface area (Å²) in [4.78, 5) is 25.1. The van der Waals surface area contributed by atoms with Crippen molar-refractivity contribution in [1.82, 2.24) is 9.78 Å². The fraction of sp³-hybridized carbons (Fsp3) is 0.160. The molecule has 2 aromatic heterocycles. The molecule has 2 N–H and O–H groups in total. The van der Waals surface area contributed by atoms with Gasteiger partial charge in [0.25, 0.3) is 5.91 Å². The molecule has 0 aliphatic heterocycles. The van der Waals surface area contributed by atoms with Gasteiger partial charge < -0.3 is 19.8 Å². The Labute approximate surface area is 191 Å². The highest BCUT2D eigenvalue weighted by atomic mass is 16.5. The maximum atomic E-state index is 12.6. The van der Waals surface area contributed by atoms with Crippen molar-refractivity contribution in [3.63, 3.8) is 0 Å². The lowest BCUT2D eigenvalue weighted by Gasteiger charge is -2.11. The molecule has 33 heavy (non-hydrogen) atoms. The van der Waals surface area contributed by atoms with Crippen LogP contribution < -0.4 is 10.6 Å². The van der Waals surface area contributed by atoms with Crippen LogP contribution in [0.4, 0.5) is 11.4 Å². The van der Waals surface area contributed by atoms with Crippen LogP contribution in [0.15, 0.2) is 77.4 Å². The number of furan rings is 1. The van der Waals surface area contributed by atoms with Gasteiger partial charge in [0.05, 0.1) is 41.1 Å². The SMILES string of the molecule is Cc1nn(-c2ccccc2)c(C)c1NC(=O)COC(=O)c1ccccc1NCc1ccco1. The van der Waals surface area contributed by atoms with Crippen molar-refractivity contribution >= 4 is 23.3 Å². The van der Waals surface area contributed by atoms with Crippen molar-refractivity contribution in [2.24, 2.45) is 0 Å². The van der Waals surface area contributed by atoms with E-state index < -0.39 is 18.5 Å². The summed E-state index contributed by atoms with van der Waals surface area (Å²) in [6, 6.07) is 20.2. The highest BCUT2D eigenvalue weighted by Gasteiger charge is 2.18. The predicted molar refractivity (Wildman–Crippen MR) is 124 cm³/mol. The van der Waals surface area contributed by atoms with Gasteiger partial charge in [0.2, 0.25) is 0 Å². The number of carbonyl (C=O) groups excluding carboxylic acids is 2. The number of hydrogen-bond donors (Lipinski definition) is 2. The van der Waals surface area contributed by atoms with Gasteiger partial charge in [-0.05, 0) is 50.2 Å². The van der Waals surface area contributed by atoms with E-state index in [-0.39, 0.29) is 0 Å². The molecule has 0 bridgehead atoms. The Bertz CT molecular complexity index is 1250. The van der Waals surface area contributed by atoms with Gasteiger partial charge in [0.15, 0.2) is 6.61 Å². The average molecular weight is 444 g/mol. The van der Waals surface area contributed by atoms with E-state index in [0.29, 0.717) is 29.2 Å². The lowest BCUT2D eigenvalue weighted by molar-refractivity contribution is -0.119. The number of esters is 1. The van der Waals surface area contributed by atoms with E-state index in [4.69, 9.17) is 9.15 Å². The molecule has 0 spiro atoms. The number of amides is 1. The molecule has 0 aliphatic carbocycles. The summed E-state index contributed by atoms with van der Waals surface area (Å²) in [6.45, 7) is 3.69. The van der Waals surface area contributed by atoms with Crippen molar-refractivity contribution in [2.45, 2.75) is 20.4 Å². The number of para-hydroxylation sites is 2. The largest absolute Gasteiger partial charge is 0.467 e. The molecule has 8 nitrogen and oxygen atoms in total. The van der Waals surface area contributed by atoms with Crippen LogP contribution in [0.1, 0.15) is 27.5 Å². The highest BCUT2D eigenvalue weighted by molar-refractivity contribution is 5.98. The first-order chi connectivity index (χ1) is 16.0. The molecule has 1 amide bonds. The Morgan fingerprint density at radius 3 is 2.52 bits per heavy atom. The van der Waals surface area contributed by atoms with E-state index in [9.17, 15) is 9.59 Å². The molecule has 2 heterocycles. The van der Waals surface area contributed by atoms with Crippen molar-refractivity contribution in [3.8, 4) is 5.69 Å². The maximum absolute atomic E-state index is 12.6. The van der Waals surface area contributed by atoms with E-state index in [1.165, 1.54) is 0 Å². The van der Waals surface area contributed by atoms with E-state index in [1.807, 2.05) is 56.3 Å². The topological polar surface area (TPSA) is 98.4 Å². The maximum Gasteiger partial charge on any atom is 0.340 e. The number of ether oxygens (including phenoxy) is 1. The van der Waals surface area contributed by atoms with Gasteiger partial charge in [-0.15, -0.1) is 0 Å². The van der Waals surface area contributed by atoms with Crippen LogP contribution in [0.25, 0.3) is 5.69 Å². The van der Waals surface area contributed by atoms with E-state index in [2.05, 4.69) is 15.7 Å². The summed E-state index contributed by atoms with van der Waals surface area (Å²) in [7, 11) is 0. The molecule has 0 unspecified atom stereocenters. The van der Waals surface area contributed by atoms with Gasteiger partial charge in [-0.25, -0.2) is 9.48 Å². The number of hydrogen-bond acceptors (Lipinski definition) is 6. The smallest absolute Gasteiger partial charge is 0.340 e. The Morgan fingerprint density at radius 2 is 1.76 bits per heavy atom. The first-order valence-electron chi connectivity index (χ1n) is 10.5. The second-order valence-corrected chi connectivity index (χ2v) is 7.40. The van der Waals surface area contributed by atoms with Crippen LogP contribution in [0, 0.1) is 13.8 Å². The third kappa shape index (κ3) is 5.12. The van der Waals surface area contributed by atoms with E-state index in [1.54, 1.807) is 35.2 Å². The molecule has 0 fully saturated rings. The molecule has 4 rings (SSSR count). The first-order valence-corrected chi connectivity index (χ1v) is 10.5. The molecule has 4 aromatic rings. The van der Waals surface area contributed by atoms with Crippen LogP contribution in [-0.2, 0) is 16.1 Å². The van der Waals surface area contributed by atoms with Crippen molar-refractivity contribution in [1.29, 1.82) is 0 Å². The highest BCUT2D eigenvalue weighted by Crippen LogP contribution is 2.23. The van der Waals surface area contributed by atoms with Crippen LogP contribution in [-0.4, -0.2) is 28.3 Å². The first kappa shape index (κ1) is 21.9. The Morgan fingerprint density at radius 1 is 1.00 bits per heavy atom. The molecule has 168 valence electrons. The molecule has 8 heteroatoms. The standard InChI is InChI=1S/C25H24N4O4/c1-17-24(18(2)29(28-17)19-9-4-3-5-10-19)27-23(30)16-33-25(31)21-12-6-7-13-22(21)26-15-20-11-8-14-32-20/h3-14,26H,15-16H2,1-2H3,(H,27,30). The van der Waals surface area contributed by atoms with Gasteiger partial charge in [-0.3, -0.25) is 4.79 Å². The summed E-state index contributed by atoms with van der Waals surface area (Å²) >= 11 is 0. The molecular formula is C25H24N4O4. The summed E-state index contributed by atoms with van der Waals surface area (Å²) in [5.74, 6) is -0.302. The monoisotopic (exact) mass is 444 g/mol. The van der Waals surface area contributed by atoms with Crippen LogP contribution in [0.5, 0.6) is 0 Å². The number of rotatable bonds is 8. The molecular weight excluding hydrogens is 420 g/mol. The number of anilines is 2. The minimum Gasteiger partial charge on any atom is -0.467 e. The van der Waals surface area contributed by atoms with Crippen molar-refractivity contribution < 1.29 is 18.7 Å². The third-order valence-corrected chi connectivity index (χ3v) is 5.07. The normalized spacial score (nSPS) is 10.6. The molecule has 0 saturated carbocycles. The number of nitrogens with zero attached hydrogens (tertiary/aromatic N) is 2. The Kier molecular flexibility index (Phi) is 6.54. The summed E-state index contributed by atoms with van der Waals surface area (Å²) in [5.41, 5.74) is 3.87. The Hall–Kier alpha value is -4.33. The number of aromatic nitrogens is 2. The lowest BCUT2D eigenvalue weighted by atomic mass is 10.2. The van der Waals surface area contributed by atoms with Gasteiger partial charge >= 0.3 is 5.97 Å². The summed E-state index contributed by atoms with van der Waals surface area (Å²) < 4.78 is 12.3. The fourth-order valence-corrected chi connectivity index (χ4v) is 3.44. The van der Waals surface area contributed by atoms with Crippen LogP contribution >= 0.6 is 0 Å². The van der Waals surface area contributed by atoms with Gasteiger partial charge in [-0.2, -0.15) is 5.10 Å². The Balaban J connectivity index is 1.38. The molecule has 0 radical (unpaired) electrons. The fourth-order valence-electron chi connectivity index (χ4n) is 3.44. The average Bonchev–Trinajstić information content (AvgIpc) is 3.46. The number of carbonyl (C=O) groups is 2. The molecule has 2 aromatic carbocycles. The third-order valence-electron chi connectivity index (χ3n) is 5.07. The quantitative estimate of drug-likeness (QED) is 0.389. The summed E-state index contributed by atoms with van der Waals surface area (Å²) in [5, 5.41) is 10.5. The molecule has 0 atom stereocenters. The lowest BCUT2D eigenvalue weighted by Crippen LogP contribution is -2.22. The number of benzene rings is 2. The predicted octanol–water partition coefficient (Wildman–Crippen LogP) is 4.49. The number of nitrogens with one attached hydrogen (secondary N) is 2. The molecule has 0 saturated heterocycles. The minimum absolute atomic E-state index is 0.334. The second kappa shape index (κ2) is 9.86. The summed E-state index contributed by atoms with van der Waals surface area (Å²) in [6.07, 6.45) is 1.59. The zero-order chi connectivity index (χ0) is 23.2. The zero-order valence-electron chi connectivity index (χ0n) is 18.4. The van der Waals surface area contributed by atoms with Crippen molar-refractivity contribution in [3.05, 3.63) is 95.7 Å². The zero-order valence-corrected chi connectivity index (χ0v) is 18.4. The van der Waals surface area contributed by atoms with E-state index in [0.717, 1.165) is 17.1 Å². The van der Waals surface area contributed by atoms with Gasteiger partial charge in [0, 0.05) is 5.69 Å². The number of aryl methyl sites for hydroxylation is 1. The minimum atomic E-state index is -0.596. The van der Waals surface area contributed by atoms with Crippen molar-refractivity contribution in [2.75, 3.05) is 17.2 Å². The van der Waals surface area contributed by atoms with Crippen LogP contribution in [0.2, 0.25) is 0 Å². The van der Waals surface area contributed by atoms with E-state index >= 15 is 0 Å². The van der Waals surface area contributed by atoms with Gasteiger partial charge in [-0.1, -0.05) is 30.3 Å².